The van der Waals surface area contributed by atoms with Gasteiger partial charge in [-0.05, 0) is 43.5 Å². The molecule has 2 aromatic rings. The van der Waals surface area contributed by atoms with Gasteiger partial charge >= 0.3 is 0 Å². The number of piperazine rings is 1. The predicted octanol–water partition coefficient (Wildman–Crippen LogP) is 2.95. The lowest BCUT2D eigenvalue weighted by molar-refractivity contribution is 0.0499. The molecule has 0 aromatic heterocycles. The highest BCUT2D eigenvalue weighted by atomic mass is 16.5. The Bertz CT molecular complexity index is 763. The SMILES string of the molecule is CCOc1ccc(CN2CCN(Cc3ccc(C)cc3)[C@H](CCO)C2)cc1CO. The van der Waals surface area contributed by atoms with E-state index < -0.39 is 0 Å². The molecule has 1 atom stereocenters. The van der Waals surface area contributed by atoms with Crippen LogP contribution >= 0.6 is 0 Å². The summed E-state index contributed by atoms with van der Waals surface area (Å²) in [5.41, 5.74) is 4.63. The van der Waals surface area contributed by atoms with Crippen LogP contribution in [0.2, 0.25) is 0 Å². The van der Waals surface area contributed by atoms with E-state index in [1.807, 2.05) is 19.1 Å². The van der Waals surface area contributed by atoms with Gasteiger partial charge in [0.05, 0.1) is 13.2 Å². The zero-order valence-electron chi connectivity index (χ0n) is 17.7. The van der Waals surface area contributed by atoms with Gasteiger partial charge in [-0.25, -0.2) is 0 Å². The van der Waals surface area contributed by atoms with Crippen molar-refractivity contribution in [1.29, 1.82) is 0 Å². The van der Waals surface area contributed by atoms with Crippen LogP contribution in [0.15, 0.2) is 42.5 Å². The van der Waals surface area contributed by atoms with Gasteiger partial charge in [0.15, 0.2) is 0 Å². The van der Waals surface area contributed by atoms with E-state index in [4.69, 9.17) is 4.74 Å². The van der Waals surface area contributed by atoms with Crippen LogP contribution in [0.4, 0.5) is 0 Å². The van der Waals surface area contributed by atoms with Gasteiger partial charge in [-0.15, -0.1) is 0 Å². The maximum atomic E-state index is 9.65. The first kappa shape index (κ1) is 21.8. The molecule has 2 N–H and O–H groups in total. The summed E-state index contributed by atoms with van der Waals surface area (Å²) in [4.78, 5) is 4.94. The average Bonchev–Trinajstić information content (AvgIpc) is 2.73. The second kappa shape index (κ2) is 10.7. The first-order valence-electron chi connectivity index (χ1n) is 10.6. The molecule has 0 bridgehead atoms. The number of aryl methyl sites for hydroxylation is 1. The van der Waals surface area contributed by atoms with E-state index >= 15 is 0 Å². The molecule has 0 aliphatic carbocycles. The van der Waals surface area contributed by atoms with Crippen molar-refractivity contribution < 1.29 is 14.9 Å². The van der Waals surface area contributed by atoms with Gasteiger partial charge in [-0.1, -0.05) is 35.9 Å². The fraction of sp³-hybridized carbons (Fsp3) is 0.500. The Kier molecular flexibility index (Phi) is 8.07. The Hall–Kier alpha value is -1.92. The number of aliphatic hydroxyl groups is 2. The van der Waals surface area contributed by atoms with E-state index in [9.17, 15) is 10.2 Å². The lowest BCUT2D eigenvalue weighted by atomic mass is 10.0. The Morgan fingerprint density at radius 1 is 1.00 bits per heavy atom. The van der Waals surface area contributed by atoms with E-state index in [2.05, 4.69) is 47.1 Å². The first-order chi connectivity index (χ1) is 14.1. The largest absolute Gasteiger partial charge is 0.494 e. The number of rotatable bonds is 9. The summed E-state index contributed by atoms with van der Waals surface area (Å²) in [6, 6.07) is 15.2. The van der Waals surface area contributed by atoms with Crippen molar-refractivity contribution in [1.82, 2.24) is 9.80 Å². The van der Waals surface area contributed by atoms with Crippen molar-refractivity contribution in [2.24, 2.45) is 0 Å². The molecule has 0 radical (unpaired) electrons. The summed E-state index contributed by atoms with van der Waals surface area (Å²) >= 11 is 0. The third kappa shape index (κ3) is 6.03. The van der Waals surface area contributed by atoms with Crippen LogP contribution in [0.25, 0.3) is 0 Å². The van der Waals surface area contributed by atoms with Crippen LogP contribution in [0, 0.1) is 6.92 Å². The van der Waals surface area contributed by atoms with Crippen LogP contribution in [-0.2, 0) is 19.7 Å². The Balaban J connectivity index is 1.63. The molecule has 5 nitrogen and oxygen atoms in total. The van der Waals surface area contributed by atoms with E-state index in [-0.39, 0.29) is 13.2 Å². The molecule has 1 aliphatic rings. The standard InChI is InChI=1S/C24H34N2O3/c1-3-29-24-9-8-21(14-22(24)18-28)15-25-11-12-26(23(17-25)10-13-27)16-20-6-4-19(2)5-7-20/h4-9,14,23,27-28H,3,10-13,15-18H2,1-2H3/t23-/m1/s1. The molecular weight excluding hydrogens is 364 g/mol. The van der Waals surface area contributed by atoms with Gasteiger partial charge in [-0.2, -0.15) is 0 Å². The maximum Gasteiger partial charge on any atom is 0.124 e. The molecule has 0 amide bonds. The van der Waals surface area contributed by atoms with Gasteiger partial charge in [-0.3, -0.25) is 9.80 Å². The van der Waals surface area contributed by atoms with E-state index in [0.29, 0.717) is 12.6 Å². The van der Waals surface area contributed by atoms with Crippen LogP contribution in [0.5, 0.6) is 5.75 Å². The monoisotopic (exact) mass is 398 g/mol. The van der Waals surface area contributed by atoms with Gasteiger partial charge < -0.3 is 14.9 Å². The summed E-state index contributed by atoms with van der Waals surface area (Å²) in [6.07, 6.45) is 0.785. The predicted molar refractivity (Wildman–Crippen MR) is 116 cm³/mol. The third-order valence-corrected chi connectivity index (χ3v) is 5.66. The van der Waals surface area contributed by atoms with Crippen molar-refractivity contribution >= 4 is 0 Å². The zero-order valence-corrected chi connectivity index (χ0v) is 17.7. The van der Waals surface area contributed by atoms with Gasteiger partial charge in [0.2, 0.25) is 0 Å². The van der Waals surface area contributed by atoms with E-state index in [1.165, 1.54) is 16.7 Å². The highest BCUT2D eigenvalue weighted by Gasteiger charge is 2.26. The molecule has 2 aromatic carbocycles. The topological polar surface area (TPSA) is 56.2 Å². The summed E-state index contributed by atoms with van der Waals surface area (Å²) in [6.45, 7) is 9.55. The Labute approximate surface area is 174 Å². The number of nitrogens with zero attached hydrogens (tertiary/aromatic N) is 2. The number of aliphatic hydroxyl groups excluding tert-OH is 2. The second-order valence-corrected chi connectivity index (χ2v) is 7.89. The van der Waals surface area contributed by atoms with Crippen LogP contribution in [-0.4, -0.2) is 58.9 Å². The summed E-state index contributed by atoms with van der Waals surface area (Å²) in [7, 11) is 0. The molecule has 0 saturated carbocycles. The Morgan fingerprint density at radius 3 is 2.45 bits per heavy atom. The number of hydrogen-bond acceptors (Lipinski definition) is 5. The molecule has 29 heavy (non-hydrogen) atoms. The fourth-order valence-electron chi connectivity index (χ4n) is 4.07. The molecule has 0 unspecified atom stereocenters. The van der Waals surface area contributed by atoms with Gasteiger partial charge in [0, 0.05) is 50.9 Å². The molecule has 5 heteroatoms. The minimum Gasteiger partial charge on any atom is -0.494 e. The lowest BCUT2D eigenvalue weighted by Gasteiger charge is -2.41. The molecule has 158 valence electrons. The van der Waals surface area contributed by atoms with Crippen molar-refractivity contribution in [2.45, 2.75) is 46.0 Å². The number of hydrogen-bond donors (Lipinski definition) is 2. The lowest BCUT2D eigenvalue weighted by Crippen LogP contribution is -2.52. The van der Waals surface area contributed by atoms with Gasteiger partial charge in [0.25, 0.3) is 0 Å². The van der Waals surface area contributed by atoms with Crippen molar-refractivity contribution in [3.05, 3.63) is 64.7 Å². The molecule has 3 rings (SSSR count). The van der Waals surface area contributed by atoms with Gasteiger partial charge in [0.1, 0.15) is 5.75 Å². The third-order valence-electron chi connectivity index (χ3n) is 5.66. The quantitative estimate of drug-likeness (QED) is 0.680. The summed E-state index contributed by atoms with van der Waals surface area (Å²) < 4.78 is 5.59. The van der Waals surface area contributed by atoms with Crippen LogP contribution in [0.1, 0.15) is 35.6 Å². The number of benzene rings is 2. The zero-order chi connectivity index (χ0) is 20.6. The fourth-order valence-corrected chi connectivity index (χ4v) is 4.07. The van der Waals surface area contributed by atoms with E-state index in [1.54, 1.807) is 0 Å². The minimum absolute atomic E-state index is 0.0133. The van der Waals surface area contributed by atoms with Crippen molar-refractivity contribution in [3.63, 3.8) is 0 Å². The highest BCUT2D eigenvalue weighted by Crippen LogP contribution is 2.23. The summed E-state index contributed by atoms with van der Waals surface area (Å²) in [5, 5.41) is 19.2. The van der Waals surface area contributed by atoms with Crippen molar-refractivity contribution in [2.75, 3.05) is 32.8 Å². The normalized spacial score (nSPS) is 18.1. The molecule has 1 fully saturated rings. The van der Waals surface area contributed by atoms with E-state index in [0.717, 1.165) is 50.5 Å². The Morgan fingerprint density at radius 2 is 1.76 bits per heavy atom. The maximum absolute atomic E-state index is 9.65. The average molecular weight is 399 g/mol. The van der Waals surface area contributed by atoms with Crippen LogP contribution in [0.3, 0.4) is 0 Å². The molecule has 1 saturated heterocycles. The summed E-state index contributed by atoms with van der Waals surface area (Å²) in [5.74, 6) is 0.764. The molecule has 1 heterocycles. The van der Waals surface area contributed by atoms with Crippen molar-refractivity contribution in [3.8, 4) is 5.75 Å². The highest BCUT2D eigenvalue weighted by molar-refractivity contribution is 5.37. The second-order valence-electron chi connectivity index (χ2n) is 7.89. The molecular formula is C24H34N2O3. The minimum atomic E-state index is -0.0133. The van der Waals surface area contributed by atoms with Crippen LogP contribution < -0.4 is 4.74 Å². The first-order valence-corrected chi connectivity index (χ1v) is 10.6. The molecule has 0 spiro atoms. The smallest absolute Gasteiger partial charge is 0.124 e. The number of ether oxygens (including phenoxy) is 1. The molecule has 1 aliphatic heterocycles.